The van der Waals surface area contributed by atoms with E-state index in [9.17, 15) is 4.79 Å². The maximum Gasteiger partial charge on any atom is 0.272 e. The van der Waals surface area contributed by atoms with Crippen molar-refractivity contribution < 1.29 is 14.1 Å². The molecule has 0 N–H and O–H groups in total. The normalized spacial score (nSPS) is 20.3. The molecular weight excluding hydrogens is 332 g/mol. The van der Waals surface area contributed by atoms with Crippen LogP contribution < -0.4 is 0 Å². The van der Waals surface area contributed by atoms with E-state index >= 15 is 0 Å². The van der Waals surface area contributed by atoms with Gasteiger partial charge in [0.05, 0.1) is 12.5 Å². The first kappa shape index (κ1) is 17.1. The third kappa shape index (κ3) is 4.27. The molecule has 1 unspecified atom stereocenters. The third-order valence-corrected chi connectivity index (χ3v) is 4.95. The Hall–Kier alpha value is -2.28. The summed E-state index contributed by atoms with van der Waals surface area (Å²) in [6.07, 6.45) is 6.77. The van der Waals surface area contributed by atoms with Crippen LogP contribution in [0.25, 0.3) is 0 Å². The summed E-state index contributed by atoms with van der Waals surface area (Å²) < 4.78 is 11.1. The summed E-state index contributed by atoms with van der Waals surface area (Å²) in [7, 11) is 0. The molecule has 0 bridgehead atoms. The summed E-state index contributed by atoms with van der Waals surface area (Å²) in [5, 5.41) is 4.07. The van der Waals surface area contributed by atoms with Crippen molar-refractivity contribution in [1.82, 2.24) is 20.0 Å². The topological polar surface area (TPSA) is 81.4 Å². The molecule has 2 aromatic heterocycles. The van der Waals surface area contributed by atoms with Gasteiger partial charge in [0.2, 0.25) is 5.89 Å². The van der Waals surface area contributed by atoms with E-state index in [2.05, 4.69) is 15.1 Å². The number of likely N-dealkylation sites (tertiary alicyclic amines) is 1. The summed E-state index contributed by atoms with van der Waals surface area (Å²) in [5.74, 6) is 2.12. The van der Waals surface area contributed by atoms with E-state index in [1.807, 2.05) is 17.0 Å². The van der Waals surface area contributed by atoms with Crippen LogP contribution in [0.15, 0.2) is 28.9 Å². The number of carbonyl (C=O) groups is 1. The van der Waals surface area contributed by atoms with E-state index in [1.54, 1.807) is 12.3 Å². The Morgan fingerprint density at radius 2 is 2.23 bits per heavy atom. The van der Waals surface area contributed by atoms with E-state index in [1.165, 1.54) is 12.8 Å². The SMILES string of the molecule is O=C(c1ccccn1)N1CCCC(c2nc(CCOCC3CC3)no2)C1. The molecule has 1 aliphatic carbocycles. The van der Waals surface area contributed by atoms with Crippen LogP contribution in [0, 0.1) is 5.92 Å². The molecule has 0 spiro atoms. The zero-order chi connectivity index (χ0) is 17.8. The van der Waals surface area contributed by atoms with Gasteiger partial charge in [0, 0.05) is 32.3 Å². The Morgan fingerprint density at radius 3 is 3.04 bits per heavy atom. The van der Waals surface area contributed by atoms with Crippen molar-refractivity contribution in [1.29, 1.82) is 0 Å². The van der Waals surface area contributed by atoms with Gasteiger partial charge in [0.25, 0.3) is 5.91 Å². The molecule has 1 atom stereocenters. The van der Waals surface area contributed by atoms with Crippen LogP contribution >= 0.6 is 0 Å². The fraction of sp³-hybridized carbons (Fsp3) is 0.579. The number of hydrogen-bond donors (Lipinski definition) is 0. The molecule has 7 nitrogen and oxygen atoms in total. The monoisotopic (exact) mass is 356 g/mol. The first-order chi connectivity index (χ1) is 12.8. The zero-order valence-electron chi connectivity index (χ0n) is 14.8. The van der Waals surface area contributed by atoms with Crippen LogP contribution in [-0.4, -0.2) is 52.2 Å². The van der Waals surface area contributed by atoms with Crippen molar-refractivity contribution in [3.8, 4) is 0 Å². The van der Waals surface area contributed by atoms with E-state index in [0.717, 1.165) is 31.9 Å². The highest BCUT2D eigenvalue weighted by atomic mass is 16.5. The van der Waals surface area contributed by atoms with Crippen molar-refractivity contribution in [2.75, 3.05) is 26.3 Å². The number of aromatic nitrogens is 3. The lowest BCUT2D eigenvalue weighted by atomic mass is 9.97. The number of rotatable bonds is 7. The molecule has 2 aromatic rings. The lowest BCUT2D eigenvalue weighted by Gasteiger charge is -2.30. The quantitative estimate of drug-likeness (QED) is 0.709. The third-order valence-electron chi connectivity index (χ3n) is 4.95. The summed E-state index contributed by atoms with van der Waals surface area (Å²) in [5.41, 5.74) is 0.479. The number of pyridine rings is 1. The predicted molar refractivity (Wildman–Crippen MR) is 93.7 cm³/mol. The summed E-state index contributed by atoms with van der Waals surface area (Å²) >= 11 is 0. The Labute approximate surface area is 152 Å². The zero-order valence-corrected chi connectivity index (χ0v) is 14.8. The number of hydrogen-bond acceptors (Lipinski definition) is 6. The molecule has 0 radical (unpaired) electrons. The van der Waals surface area contributed by atoms with Gasteiger partial charge in [0.1, 0.15) is 5.69 Å². The maximum absolute atomic E-state index is 12.6. The van der Waals surface area contributed by atoms with E-state index < -0.39 is 0 Å². The smallest absolute Gasteiger partial charge is 0.272 e. The van der Waals surface area contributed by atoms with Crippen LogP contribution in [0.5, 0.6) is 0 Å². The fourth-order valence-electron chi connectivity index (χ4n) is 3.25. The van der Waals surface area contributed by atoms with Crippen LogP contribution in [0.2, 0.25) is 0 Å². The second-order valence-electron chi connectivity index (χ2n) is 7.12. The van der Waals surface area contributed by atoms with Crippen molar-refractivity contribution >= 4 is 5.91 Å². The number of amides is 1. The molecule has 138 valence electrons. The van der Waals surface area contributed by atoms with Gasteiger partial charge < -0.3 is 14.2 Å². The maximum atomic E-state index is 12.6. The van der Waals surface area contributed by atoms with Crippen LogP contribution in [0.4, 0.5) is 0 Å². The molecule has 1 saturated heterocycles. The Balaban J connectivity index is 1.31. The first-order valence-electron chi connectivity index (χ1n) is 9.40. The van der Waals surface area contributed by atoms with Crippen molar-refractivity contribution in [2.24, 2.45) is 5.92 Å². The number of ether oxygens (including phenoxy) is 1. The lowest BCUT2D eigenvalue weighted by Crippen LogP contribution is -2.39. The van der Waals surface area contributed by atoms with Gasteiger partial charge in [-0.3, -0.25) is 9.78 Å². The van der Waals surface area contributed by atoms with Gasteiger partial charge in [-0.2, -0.15) is 4.98 Å². The van der Waals surface area contributed by atoms with Gasteiger partial charge in [-0.15, -0.1) is 0 Å². The number of nitrogens with zero attached hydrogens (tertiary/aromatic N) is 4. The van der Waals surface area contributed by atoms with Crippen LogP contribution in [0.1, 0.15) is 53.8 Å². The van der Waals surface area contributed by atoms with Gasteiger partial charge >= 0.3 is 0 Å². The minimum absolute atomic E-state index is 0.0384. The fourth-order valence-corrected chi connectivity index (χ4v) is 3.25. The van der Waals surface area contributed by atoms with E-state index in [0.29, 0.717) is 37.0 Å². The molecular formula is C19H24N4O3. The number of carbonyl (C=O) groups excluding carboxylic acids is 1. The standard InChI is InChI=1S/C19H24N4O3/c24-19(16-5-1-2-9-20-16)23-10-3-4-15(12-23)18-21-17(22-26-18)8-11-25-13-14-6-7-14/h1-2,5,9,14-15H,3-4,6-8,10-13H2. The summed E-state index contributed by atoms with van der Waals surface area (Å²) in [6.45, 7) is 2.81. The Kier molecular flexibility index (Phi) is 5.24. The highest BCUT2D eigenvalue weighted by Crippen LogP contribution is 2.29. The molecule has 3 heterocycles. The predicted octanol–water partition coefficient (Wildman–Crippen LogP) is 2.45. The van der Waals surface area contributed by atoms with Crippen molar-refractivity contribution in [3.05, 3.63) is 41.8 Å². The van der Waals surface area contributed by atoms with Gasteiger partial charge in [-0.05, 0) is 43.7 Å². The molecule has 2 fully saturated rings. The highest BCUT2D eigenvalue weighted by molar-refractivity contribution is 5.92. The second-order valence-corrected chi connectivity index (χ2v) is 7.12. The lowest BCUT2D eigenvalue weighted by molar-refractivity contribution is 0.0689. The molecule has 1 amide bonds. The van der Waals surface area contributed by atoms with E-state index in [4.69, 9.17) is 9.26 Å². The van der Waals surface area contributed by atoms with Gasteiger partial charge in [-0.1, -0.05) is 11.2 Å². The molecule has 2 aliphatic rings. The average Bonchev–Trinajstić information content (AvgIpc) is 3.41. The first-order valence-corrected chi connectivity index (χ1v) is 9.40. The summed E-state index contributed by atoms with van der Waals surface area (Å²) in [4.78, 5) is 23.1. The van der Waals surface area contributed by atoms with Crippen LogP contribution in [0.3, 0.4) is 0 Å². The highest BCUT2D eigenvalue weighted by Gasteiger charge is 2.29. The minimum Gasteiger partial charge on any atom is -0.381 e. The molecule has 4 rings (SSSR count). The largest absolute Gasteiger partial charge is 0.381 e. The van der Waals surface area contributed by atoms with Gasteiger partial charge in [0.15, 0.2) is 5.82 Å². The molecule has 7 heteroatoms. The Bertz CT molecular complexity index is 729. The molecule has 0 aromatic carbocycles. The second kappa shape index (κ2) is 7.95. The van der Waals surface area contributed by atoms with Crippen molar-refractivity contribution in [2.45, 2.75) is 38.0 Å². The van der Waals surface area contributed by atoms with Crippen molar-refractivity contribution in [3.63, 3.8) is 0 Å². The molecule has 26 heavy (non-hydrogen) atoms. The molecule has 1 aliphatic heterocycles. The van der Waals surface area contributed by atoms with E-state index in [-0.39, 0.29) is 11.8 Å². The minimum atomic E-state index is -0.0384. The summed E-state index contributed by atoms with van der Waals surface area (Å²) in [6, 6.07) is 5.39. The average molecular weight is 356 g/mol. The number of piperidine rings is 1. The Morgan fingerprint density at radius 1 is 1.31 bits per heavy atom. The van der Waals surface area contributed by atoms with Gasteiger partial charge in [-0.25, -0.2) is 0 Å². The molecule has 1 saturated carbocycles. The van der Waals surface area contributed by atoms with Crippen LogP contribution in [-0.2, 0) is 11.2 Å².